The van der Waals surface area contributed by atoms with Crippen LogP contribution >= 0.6 is 0 Å². The summed E-state index contributed by atoms with van der Waals surface area (Å²) < 4.78 is 0. The summed E-state index contributed by atoms with van der Waals surface area (Å²) in [6.45, 7) is 36.9. The van der Waals surface area contributed by atoms with Crippen LogP contribution in [-0.4, -0.2) is 6.71 Å². The third-order valence-electron chi connectivity index (χ3n) is 18.7. The number of anilines is 6. The molecule has 7 aromatic rings. The molecule has 2 nitrogen and oxygen atoms in total. The maximum atomic E-state index is 2.74. The van der Waals surface area contributed by atoms with Crippen molar-refractivity contribution in [3.8, 4) is 0 Å². The van der Waals surface area contributed by atoms with Crippen molar-refractivity contribution >= 4 is 57.2 Å². The Balaban J connectivity index is 1.21. The molecule has 0 bridgehead atoms. The van der Waals surface area contributed by atoms with Crippen LogP contribution in [0.25, 0.3) is 0 Å². The van der Waals surface area contributed by atoms with Gasteiger partial charge in [-0.1, -0.05) is 174 Å². The van der Waals surface area contributed by atoms with Crippen molar-refractivity contribution in [1.82, 2.24) is 0 Å². The van der Waals surface area contributed by atoms with Gasteiger partial charge in [0.1, 0.15) is 0 Å². The van der Waals surface area contributed by atoms with E-state index in [1.807, 2.05) is 0 Å². The average Bonchev–Trinajstić information content (AvgIpc) is 3.61. The lowest BCUT2D eigenvalue weighted by Crippen LogP contribution is -2.61. The molecule has 2 aliphatic heterocycles. The molecule has 0 spiro atoms. The number of hydrogen-bond acceptors (Lipinski definition) is 2. The maximum Gasteiger partial charge on any atom is 0.252 e. The zero-order valence-electron chi connectivity index (χ0n) is 45.5. The molecule has 0 amide bonds. The second-order valence-corrected chi connectivity index (χ2v) is 26.8. The Morgan fingerprint density at radius 3 is 1.45 bits per heavy atom. The van der Waals surface area contributed by atoms with E-state index in [0.29, 0.717) is 0 Å². The molecule has 0 fully saturated rings. The Bertz CT molecular complexity index is 3320. The van der Waals surface area contributed by atoms with Crippen LogP contribution in [0.3, 0.4) is 0 Å². The summed E-state index contributed by atoms with van der Waals surface area (Å²) in [6, 6.07) is 50.6. The van der Waals surface area contributed by atoms with Crippen LogP contribution in [0, 0.1) is 20.8 Å². The molecular weight excluding hydrogens is 856 g/mol. The van der Waals surface area contributed by atoms with Gasteiger partial charge in [0.15, 0.2) is 0 Å². The molecule has 3 heteroatoms. The van der Waals surface area contributed by atoms with Crippen molar-refractivity contribution in [2.24, 2.45) is 0 Å². The second-order valence-electron chi connectivity index (χ2n) is 26.8. The number of aryl methyl sites for hydroxylation is 2. The van der Waals surface area contributed by atoms with Gasteiger partial charge in [-0.05, 0) is 198 Å². The van der Waals surface area contributed by atoms with Crippen molar-refractivity contribution < 1.29 is 0 Å². The summed E-state index contributed by atoms with van der Waals surface area (Å²) in [6.07, 6.45) is 4.64. The molecule has 5 aliphatic rings. The summed E-state index contributed by atoms with van der Waals surface area (Å²) in [5, 5.41) is 0. The molecule has 0 saturated heterocycles. The highest BCUT2D eigenvalue weighted by Gasteiger charge is 2.50. The number of hydrogen-bond donors (Lipinski definition) is 0. The maximum absolute atomic E-state index is 2.74. The Labute approximate surface area is 427 Å². The highest BCUT2D eigenvalue weighted by molar-refractivity contribution is 7.00. The van der Waals surface area contributed by atoms with E-state index >= 15 is 0 Å². The first-order valence-corrected chi connectivity index (χ1v) is 26.9. The van der Waals surface area contributed by atoms with Gasteiger partial charge in [0, 0.05) is 40.0 Å². The Hall–Kier alpha value is -5.80. The first kappa shape index (κ1) is 46.3. The van der Waals surface area contributed by atoms with Crippen molar-refractivity contribution in [3.63, 3.8) is 0 Å². The quantitative estimate of drug-likeness (QED) is 0.125. The van der Waals surface area contributed by atoms with Crippen LogP contribution in [0.15, 0.2) is 127 Å². The van der Waals surface area contributed by atoms with Gasteiger partial charge in [-0.25, -0.2) is 0 Å². The number of fused-ring (bicyclic) bond motifs is 7. The molecule has 0 unspecified atom stereocenters. The van der Waals surface area contributed by atoms with E-state index in [1.54, 1.807) is 0 Å². The van der Waals surface area contributed by atoms with E-state index in [4.69, 9.17) is 0 Å². The van der Waals surface area contributed by atoms with Crippen molar-refractivity contribution in [2.75, 3.05) is 9.80 Å². The fourth-order valence-electron chi connectivity index (χ4n) is 15.8. The number of rotatable bonds is 5. The predicted molar refractivity (Wildman–Crippen MR) is 305 cm³/mol. The van der Waals surface area contributed by atoms with E-state index in [1.165, 1.54) is 130 Å². The largest absolute Gasteiger partial charge is 0.311 e. The Kier molecular flexibility index (Phi) is 9.86. The lowest BCUT2D eigenvalue weighted by atomic mass is 9.33. The zero-order valence-corrected chi connectivity index (χ0v) is 45.5. The minimum atomic E-state index is 0.00785. The lowest BCUT2D eigenvalue weighted by molar-refractivity contribution is 0.330. The highest BCUT2D eigenvalue weighted by atomic mass is 15.2. The normalized spacial score (nSPS) is 19.7. The molecule has 2 heterocycles. The second kappa shape index (κ2) is 15.1. The van der Waals surface area contributed by atoms with Gasteiger partial charge in [-0.3, -0.25) is 0 Å². The van der Waals surface area contributed by atoms with Crippen LogP contribution < -0.4 is 26.2 Å². The first-order valence-electron chi connectivity index (χ1n) is 26.9. The molecule has 71 heavy (non-hydrogen) atoms. The van der Waals surface area contributed by atoms with Crippen LogP contribution in [0.5, 0.6) is 0 Å². The van der Waals surface area contributed by atoms with Crippen LogP contribution in [0.4, 0.5) is 34.1 Å². The van der Waals surface area contributed by atoms with E-state index in [0.717, 1.165) is 12.8 Å². The molecule has 7 aromatic carbocycles. The van der Waals surface area contributed by atoms with Gasteiger partial charge in [-0.15, -0.1) is 0 Å². The number of nitrogens with zero attached hydrogens (tertiary/aromatic N) is 2. The van der Waals surface area contributed by atoms with Crippen molar-refractivity contribution in [3.05, 3.63) is 194 Å². The molecular formula is C68H75BN2. The standard InChI is InChI=1S/C68H75BN2/c1-41-32-58-62-59(33-41)71(56-37-50-48(34-42(56)2)65(8,9)39-67(50,12)13)57-38-51-49(66(10,11)40-68(51,14)15)36-53(57)69(62)52-35-46(60(44-22-18-16-19-23-44)45-24-20-17-21-25-45)26-28-55(52)70(58)54-29-27-47-61(43(54)3)64(6,7)31-30-63(47,4)5/h16-29,32-38,60H,30-31,39-40H2,1-15H3. The molecule has 3 aliphatic carbocycles. The summed E-state index contributed by atoms with van der Waals surface area (Å²) in [5.74, 6) is 0.0736. The predicted octanol–water partition coefficient (Wildman–Crippen LogP) is 16.1. The van der Waals surface area contributed by atoms with E-state index in [9.17, 15) is 0 Å². The van der Waals surface area contributed by atoms with Crippen LogP contribution in [-0.2, 0) is 32.5 Å². The number of benzene rings is 7. The zero-order chi connectivity index (χ0) is 50.1. The summed E-state index contributed by atoms with van der Waals surface area (Å²) in [7, 11) is 0. The van der Waals surface area contributed by atoms with Crippen molar-refractivity contribution in [1.29, 1.82) is 0 Å². The molecule has 0 radical (unpaired) electrons. The SMILES string of the molecule is Cc1cc2c3c(c1)N(c1ccc4c(c1C)C(C)(C)CCC4(C)C)c1ccc(C(c4ccccc4)c4ccccc4)cc1B3c1cc3c(cc1N2c1cc2c(cc1C)C(C)(C)CC2(C)C)C(C)(C)CC3(C)C. The van der Waals surface area contributed by atoms with E-state index < -0.39 is 0 Å². The van der Waals surface area contributed by atoms with Gasteiger partial charge in [-0.2, -0.15) is 0 Å². The topological polar surface area (TPSA) is 6.48 Å². The monoisotopic (exact) mass is 931 g/mol. The summed E-state index contributed by atoms with van der Waals surface area (Å²) in [4.78, 5) is 5.45. The van der Waals surface area contributed by atoms with Crippen molar-refractivity contribution in [2.45, 2.75) is 168 Å². The van der Waals surface area contributed by atoms with Gasteiger partial charge in [0.25, 0.3) is 6.71 Å². The molecule has 0 aromatic heterocycles. The van der Waals surface area contributed by atoms with Gasteiger partial charge >= 0.3 is 0 Å². The van der Waals surface area contributed by atoms with Gasteiger partial charge in [0.05, 0.1) is 0 Å². The van der Waals surface area contributed by atoms with Crippen LogP contribution in [0.1, 0.15) is 181 Å². The van der Waals surface area contributed by atoms with Crippen LogP contribution in [0.2, 0.25) is 0 Å². The molecule has 0 saturated carbocycles. The average molecular weight is 931 g/mol. The third kappa shape index (κ3) is 6.80. The van der Waals surface area contributed by atoms with E-state index in [-0.39, 0.29) is 45.1 Å². The minimum Gasteiger partial charge on any atom is -0.311 e. The fraction of sp³-hybridized carbons (Fsp3) is 0.382. The smallest absolute Gasteiger partial charge is 0.252 e. The Morgan fingerprint density at radius 2 is 0.873 bits per heavy atom. The summed E-state index contributed by atoms with van der Waals surface area (Å²) in [5.41, 5.74) is 29.5. The Morgan fingerprint density at radius 1 is 0.394 bits per heavy atom. The van der Waals surface area contributed by atoms with Gasteiger partial charge < -0.3 is 9.80 Å². The third-order valence-corrected chi connectivity index (χ3v) is 18.7. The fourth-order valence-corrected chi connectivity index (χ4v) is 15.8. The first-order chi connectivity index (χ1) is 33.4. The summed E-state index contributed by atoms with van der Waals surface area (Å²) >= 11 is 0. The lowest BCUT2D eigenvalue weighted by Gasteiger charge is -2.47. The molecule has 0 atom stereocenters. The van der Waals surface area contributed by atoms with Gasteiger partial charge in [0.2, 0.25) is 0 Å². The highest BCUT2D eigenvalue weighted by Crippen LogP contribution is 2.57. The molecule has 12 rings (SSSR count). The molecule has 360 valence electrons. The minimum absolute atomic E-state index is 0.00785. The van der Waals surface area contributed by atoms with E-state index in [2.05, 4.69) is 241 Å². The molecule has 0 N–H and O–H groups in total.